The van der Waals surface area contributed by atoms with Crippen LogP contribution in [-0.4, -0.2) is 20.6 Å². The second-order valence-corrected chi connectivity index (χ2v) is 5.01. The quantitative estimate of drug-likeness (QED) is 0.884. The van der Waals surface area contributed by atoms with E-state index in [2.05, 4.69) is 22.3 Å². The summed E-state index contributed by atoms with van der Waals surface area (Å²) in [6.45, 7) is 2.16. The Kier molecular flexibility index (Phi) is 2.89. The zero-order valence-electron chi connectivity index (χ0n) is 10.4. The molecule has 1 fully saturated rings. The fraction of sp³-hybridized carbons (Fsp3) is 0.538. The van der Waals surface area contributed by atoms with Crippen molar-refractivity contribution in [3.63, 3.8) is 0 Å². The minimum atomic E-state index is -0.302. The summed E-state index contributed by atoms with van der Waals surface area (Å²) in [5.41, 5.74) is 0.667. The molecule has 1 saturated carbocycles. The first-order valence-electron chi connectivity index (χ1n) is 6.53. The zero-order valence-corrected chi connectivity index (χ0v) is 10.4. The lowest BCUT2D eigenvalue weighted by atomic mass is 10.1. The normalized spacial score (nSPS) is 17.0. The highest BCUT2D eigenvalue weighted by molar-refractivity contribution is 5.43. The van der Waals surface area contributed by atoms with Gasteiger partial charge in [-0.05, 0) is 30.9 Å². The maximum atomic E-state index is 13.0. The molecular formula is C13H17FN4. The van der Waals surface area contributed by atoms with E-state index in [1.54, 1.807) is 6.07 Å². The number of hydrogen-bond acceptors (Lipinski definition) is 3. The van der Waals surface area contributed by atoms with Gasteiger partial charge in [0, 0.05) is 6.04 Å². The largest absolute Gasteiger partial charge is 0.350 e. The Morgan fingerprint density at radius 1 is 1.50 bits per heavy atom. The van der Waals surface area contributed by atoms with Crippen molar-refractivity contribution < 1.29 is 4.39 Å². The molecule has 1 N–H and O–H groups in total. The maximum absolute atomic E-state index is 13.0. The molecule has 0 spiro atoms. The Balaban J connectivity index is 1.76. The summed E-state index contributed by atoms with van der Waals surface area (Å²) >= 11 is 0. The van der Waals surface area contributed by atoms with Crippen molar-refractivity contribution in [2.45, 2.75) is 38.6 Å². The summed E-state index contributed by atoms with van der Waals surface area (Å²) in [6.07, 6.45) is 6.28. The van der Waals surface area contributed by atoms with Crippen LogP contribution in [0.25, 0.3) is 5.65 Å². The average molecular weight is 248 g/mol. The second kappa shape index (κ2) is 4.55. The molecule has 2 aromatic rings. The first kappa shape index (κ1) is 11.4. The van der Waals surface area contributed by atoms with Crippen LogP contribution in [0.5, 0.6) is 0 Å². The van der Waals surface area contributed by atoms with Crippen molar-refractivity contribution >= 4 is 11.6 Å². The molecule has 18 heavy (non-hydrogen) atoms. The topological polar surface area (TPSA) is 42.2 Å². The fourth-order valence-corrected chi connectivity index (χ4v) is 2.19. The second-order valence-electron chi connectivity index (χ2n) is 5.01. The molecule has 1 aliphatic carbocycles. The van der Waals surface area contributed by atoms with Crippen LogP contribution in [0, 0.1) is 11.7 Å². The SMILES string of the molecule is CCC(CC1CC1)Nc1nc2ccc(F)cn2n1. The molecule has 5 heteroatoms. The summed E-state index contributed by atoms with van der Waals surface area (Å²) in [5, 5.41) is 7.59. The van der Waals surface area contributed by atoms with Crippen LogP contribution >= 0.6 is 0 Å². The van der Waals surface area contributed by atoms with E-state index in [9.17, 15) is 4.39 Å². The van der Waals surface area contributed by atoms with Gasteiger partial charge in [0.25, 0.3) is 0 Å². The number of hydrogen-bond donors (Lipinski definition) is 1. The highest BCUT2D eigenvalue weighted by Gasteiger charge is 2.25. The molecule has 1 unspecified atom stereocenters. The van der Waals surface area contributed by atoms with E-state index in [0.29, 0.717) is 17.6 Å². The van der Waals surface area contributed by atoms with Crippen molar-refractivity contribution in [2.24, 2.45) is 5.92 Å². The van der Waals surface area contributed by atoms with Crippen molar-refractivity contribution in [3.05, 3.63) is 24.1 Å². The molecule has 0 aromatic carbocycles. The Morgan fingerprint density at radius 3 is 3.06 bits per heavy atom. The van der Waals surface area contributed by atoms with Gasteiger partial charge in [0.15, 0.2) is 5.65 Å². The number of nitrogens with one attached hydrogen (secondary N) is 1. The Bertz CT molecular complexity index is 547. The number of nitrogens with zero attached hydrogens (tertiary/aromatic N) is 3. The number of halogens is 1. The molecular weight excluding hydrogens is 231 g/mol. The van der Waals surface area contributed by atoms with Crippen LogP contribution in [0.3, 0.4) is 0 Å². The summed E-state index contributed by atoms with van der Waals surface area (Å²) in [5.74, 6) is 1.16. The van der Waals surface area contributed by atoms with Gasteiger partial charge in [-0.2, -0.15) is 4.98 Å². The van der Waals surface area contributed by atoms with Gasteiger partial charge >= 0.3 is 0 Å². The van der Waals surface area contributed by atoms with Crippen LogP contribution in [0.2, 0.25) is 0 Å². The molecule has 1 atom stereocenters. The first-order valence-corrected chi connectivity index (χ1v) is 6.53. The number of fused-ring (bicyclic) bond motifs is 1. The molecule has 4 nitrogen and oxygen atoms in total. The predicted molar refractivity (Wildman–Crippen MR) is 68.0 cm³/mol. The number of rotatable bonds is 5. The van der Waals surface area contributed by atoms with Crippen LogP contribution in [0.1, 0.15) is 32.6 Å². The molecule has 0 saturated heterocycles. The minimum absolute atomic E-state index is 0.302. The molecule has 0 bridgehead atoms. The van der Waals surface area contributed by atoms with E-state index in [4.69, 9.17) is 0 Å². The van der Waals surface area contributed by atoms with Gasteiger partial charge in [0.1, 0.15) is 5.82 Å². The highest BCUT2D eigenvalue weighted by atomic mass is 19.1. The van der Waals surface area contributed by atoms with E-state index in [1.807, 2.05) is 0 Å². The lowest BCUT2D eigenvalue weighted by Crippen LogP contribution is -2.19. The number of anilines is 1. The molecule has 0 amide bonds. The Labute approximate surface area is 105 Å². The smallest absolute Gasteiger partial charge is 0.243 e. The average Bonchev–Trinajstić information content (AvgIpc) is 3.07. The monoisotopic (exact) mass is 248 g/mol. The third-order valence-electron chi connectivity index (χ3n) is 3.44. The molecule has 96 valence electrons. The number of aromatic nitrogens is 3. The van der Waals surface area contributed by atoms with E-state index in [-0.39, 0.29) is 5.82 Å². The fourth-order valence-electron chi connectivity index (χ4n) is 2.19. The van der Waals surface area contributed by atoms with Crippen molar-refractivity contribution in [3.8, 4) is 0 Å². The predicted octanol–water partition coefficient (Wildman–Crippen LogP) is 2.86. The summed E-state index contributed by atoms with van der Waals surface area (Å²) < 4.78 is 14.5. The van der Waals surface area contributed by atoms with E-state index in [1.165, 1.54) is 36.0 Å². The Hall–Kier alpha value is -1.65. The van der Waals surface area contributed by atoms with Crippen LogP contribution < -0.4 is 5.32 Å². The summed E-state index contributed by atoms with van der Waals surface area (Å²) in [4.78, 5) is 4.34. The van der Waals surface area contributed by atoms with Crippen molar-refractivity contribution in [1.82, 2.24) is 14.6 Å². The lowest BCUT2D eigenvalue weighted by molar-refractivity contribution is 0.582. The third kappa shape index (κ3) is 2.44. The van der Waals surface area contributed by atoms with Crippen LogP contribution in [0.4, 0.5) is 10.3 Å². The zero-order chi connectivity index (χ0) is 12.5. The van der Waals surface area contributed by atoms with Crippen molar-refractivity contribution in [2.75, 3.05) is 5.32 Å². The van der Waals surface area contributed by atoms with E-state index >= 15 is 0 Å². The molecule has 2 aromatic heterocycles. The Morgan fingerprint density at radius 2 is 2.33 bits per heavy atom. The lowest BCUT2D eigenvalue weighted by Gasteiger charge is -2.14. The van der Waals surface area contributed by atoms with Gasteiger partial charge in [-0.25, -0.2) is 8.91 Å². The van der Waals surface area contributed by atoms with Crippen LogP contribution in [-0.2, 0) is 0 Å². The van der Waals surface area contributed by atoms with Gasteiger partial charge < -0.3 is 5.32 Å². The van der Waals surface area contributed by atoms with Gasteiger partial charge in [-0.15, -0.1) is 5.10 Å². The number of pyridine rings is 1. The summed E-state index contributed by atoms with van der Waals surface area (Å²) in [7, 11) is 0. The first-order chi connectivity index (χ1) is 8.74. The standard InChI is InChI=1S/C13H17FN4/c1-2-11(7-9-3-4-9)15-13-16-12-6-5-10(14)8-18(12)17-13/h5-6,8-9,11H,2-4,7H2,1H3,(H,15,17). The minimum Gasteiger partial charge on any atom is -0.350 e. The van der Waals surface area contributed by atoms with Gasteiger partial charge in [-0.3, -0.25) is 0 Å². The molecule has 0 radical (unpaired) electrons. The molecule has 3 rings (SSSR count). The van der Waals surface area contributed by atoms with Gasteiger partial charge in [0.05, 0.1) is 6.20 Å². The maximum Gasteiger partial charge on any atom is 0.243 e. The van der Waals surface area contributed by atoms with Gasteiger partial charge in [0.2, 0.25) is 5.95 Å². The van der Waals surface area contributed by atoms with Crippen molar-refractivity contribution in [1.29, 1.82) is 0 Å². The van der Waals surface area contributed by atoms with E-state index in [0.717, 1.165) is 12.3 Å². The third-order valence-corrected chi connectivity index (χ3v) is 3.44. The molecule has 1 aliphatic rings. The van der Waals surface area contributed by atoms with Crippen LogP contribution in [0.15, 0.2) is 18.3 Å². The highest BCUT2D eigenvalue weighted by Crippen LogP contribution is 2.34. The molecule has 2 heterocycles. The van der Waals surface area contributed by atoms with Gasteiger partial charge in [-0.1, -0.05) is 19.8 Å². The summed E-state index contributed by atoms with van der Waals surface area (Å²) in [6, 6.07) is 3.45. The van der Waals surface area contributed by atoms with E-state index < -0.39 is 0 Å². The molecule has 0 aliphatic heterocycles.